The Labute approximate surface area is 100 Å². The van der Waals surface area contributed by atoms with Gasteiger partial charge in [-0.25, -0.2) is 15.4 Å². The molecule has 7 heteroatoms. The highest BCUT2D eigenvalue weighted by Crippen LogP contribution is 2.36. The first-order chi connectivity index (χ1) is 7.86. The van der Waals surface area contributed by atoms with Gasteiger partial charge in [-0.1, -0.05) is 0 Å². The first kappa shape index (κ1) is 12.3. The lowest BCUT2D eigenvalue weighted by molar-refractivity contribution is 0.00578. The van der Waals surface area contributed by atoms with Crippen LogP contribution in [-0.4, -0.2) is 33.5 Å². The van der Waals surface area contributed by atoms with Gasteiger partial charge >= 0.3 is 7.12 Å². The largest absolute Gasteiger partial charge is 0.498 e. The van der Waals surface area contributed by atoms with Gasteiger partial charge in [-0.2, -0.15) is 0 Å². The van der Waals surface area contributed by atoms with Gasteiger partial charge in [-0.15, -0.1) is 0 Å². The molecule has 1 aromatic heterocycles. The maximum Gasteiger partial charge on any atom is 0.498 e. The second kappa shape index (κ2) is 3.94. The molecule has 17 heavy (non-hydrogen) atoms. The van der Waals surface area contributed by atoms with Crippen LogP contribution in [0.1, 0.15) is 27.7 Å². The average Bonchev–Trinajstić information content (AvgIpc) is 2.48. The van der Waals surface area contributed by atoms with Crippen LogP contribution in [0.5, 0.6) is 0 Å². The highest BCUT2D eigenvalue weighted by atomic mass is 16.7. The second-order valence-corrected chi connectivity index (χ2v) is 5.04. The molecular formula is C10H16BN3O3. The molecule has 2 rings (SSSR count). The Morgan fingerprint density at radius 3 is 2.00 bits per heavy atom. The fraction of sp³-hybridized carbons (Fsp3) is 0.600. The molecule has 0 amide bonds. The lowest BCUT2D eigenvalue weighted by Gasteiger charge is -2.32. The maximum atomic E-state index is 8.62. The summed E-state index contributed by atoms with van der Waals surface area (Å²) in [7, 11) is -0.479. The van der Waals surface area contributed by atoms with Gasteiger partial charge in [-0.05, 0) is 27.7 Å². The predicted octanol–water partition coefficient (Wildman–Crippen LogP) is 0.577. The molecule has 0 aromatic carbocycles. The van der Waals surface area contributed by atoms with E-state index in [0.29, 0.717) is 0 Å². The molecule has 1 aliphatic heterocycles. The summed E-state index contributed by atoms with van der Waals surface area (Å²) < 4.78 is 11.7. The van der Waals surface area contributed by atoms with Gasteiger partial charge in [-0.3, -0.25) is 5.21 Å². The van der Waals surface area contributed by atoms with E-state index in [1.807, 2.05) is 33.2 Å². The molecular weight excluding hydrogens is 221 g/mol. The highest BCUT2D eigenvalue weighted by Gasteiger charge is 2.51. The summed E-state index contributed by atoms with van der Waals surface area (Å²) in [5, 5.41) is 8.62. The molecule has 0 unspecified atom stereocenters. The van der Waals surface area contributed by atoms with Crippen molar-refractivity contribution in [2.45, 2.75) is 38.9 Å². The van der Waals surface area contributed by atoms with Crippen molar-refractivity contribution < 1.29 is 14.5 Å². The highest BCUT2D eigenvalue weighted by molar-refractivity contribution is 6.61. The summed E-state index contributed by atoms with van der Waals surface area (Å²) in [5.74, 6) is 0.144. The Balaban J connectivity index is 2.20. The molecule has 0 bridgehead atoms. The molecule has 1 aromatic rings. The van der Waals surface area contributed by atoms with Crippen molar-refractivity contribution in [2.24, 2.45) is 0 Å². The Morgan fingerprint density at radius 1 is 1.12 bits per heavy atom. The maximum absolute atomic E-state index is 8.62. The number of hydrogen-bond acceptors (Lipinski definition) is 6. The number of nitrogens with zero attached hydrogens (tertiary/aromatic N) is 2. The first-order valence-corrected chi connectivity index (χ1v) is 5.43. The molecule has 0 spiro atoms. The van der Waals surface area contributed by atoms with Crippen LogP contribution in [0.25, 0.3) is 0 Å². The molecule has 1 saturated heterocycles. The zero-order chi connectivity index (χ0) is 12.7. The van der Waals surface area contributed by atoms with Crippen LogP contribution < -0.4 is 10.9 Å². The lowest BCUT2D eigenvalue weighted by Crippen LogP contribution is -2.41. The Hall–Kier alpha value is -1.18. The fourth-order valence-electron chi connectivity index (χ4n) is 1.50. The molecule has 0 saturated carbocycles. The van der Waals surface area contributed by atoms with Crippen molar-refractivity contribution in [1.29, 1.82) is 0 Å². The Kier molecular flexibility index (Phi) is 2.85. The minimum absolute atomic E-state index is 0.144. The zero-order valence-electron chi connectivity index (χ0n) is 10.4. The standard InChI is InChI=1S/C10H16BN3O3/c1-9(2)10(3,4)17-11(16-9)7-5-12-8(14-15)13-6-7/h5-6,15H,1-4H3,(H,12,13,14). The molecule has 0 radical (unpaired) electrons. The van der Waals surface area contributed by atoms with Crippen molar-refractivity contribution in [3.05, 3.63) is 12.4 Å². The average molecular weight is 237 g/mol. The Bertz CT molecular complexity index is 392. The van der Waals surface area contributed by atoms with Gasteiger partial charge in [0.15, 0.2) is 0 Å². The number of rotatable bonds is 2. The van der Waals surface area contributed by atoms with Crippen LogP contribution >= 0.6 is 0 Å². The van der Waals surface area contributed by atoms with E-state index in [0.717, 1.165) is 5.46 Å². The van der Waals surface area contributed by atoms with Crippen molar-refractivity contribution in [3.8, 4) is 0 Å². The molecule has 2 N–H and O–H groups in total. The van der Waals surface area contributed by atoms with Gasteiger partial charge in [0.1, 0.15) is 0 Å². The second-order valence-electron chi connectivity index (χ2n) is 5.04. The molecule has 92 valence electrons. The third kappa shape index (κ3) is 2.13. The normalized spacial score (nSPS) is 21.6. The van der Waals surface area contributed by atoms with E-state index in [2.05, 4.69) is 9.97 Å². The topological polar surface area (TPSA) is 76.5 Å². The minimum Gasteiger partial charge on any atom is -0.399 e. The van der Waals surface area contributed by atoms with Crippen LogP contribution in [0.2, 0.25) is 0 Å². The number of hydrogen-bond donors (Lipinski definition) is 2. The van der Waals surface area contributed by atoms with Crippen molar-refractivity contribution in [3.63, 3.8) is 0 Å². The van der Waals surface area contributed by atoms with E-state index >= 15 is 0 Å². The van der Waals surface area contributed by atoms with E-state index < -0.39 is 7.12 Å². The fourth-order valence-corrected chi connectivity index (χ4v) is 1.50. The third-order valence-corrected chi connectivity index (χ3v) is 3.30. The summed E-state index contributed by atoms with van der Waals surface area (Å²) in [6, 6.07) is 0. The van der Waals surface area contributed by atoms with E-state index in [1.54, 1.807) is 12.4 Å². The van der Waals surface area contributed by atoms with Crippen LogP contribution in [0.15, 0.2) is 12.4 Å². The lowest BCUT2D eigenvalue weighted by atomic mass is 9.81. The molecule has 0 aliphatic carbocycles. The van der Waals surface area contributed by atoms with Crippen molar-refractivity contribution in [1.82, 2.24) is 9.97 Å². The summed E-state index contributed by atoms with van der Waals surface area (Å²) in [6.07, 6.45) is 3.13. The molecule has 1 aliphatic rings. The third-order valence-electron chi connectivity index (χ3n) is 3.30. The first-order valence-electron chi connectivity index (χ1n) is 5.43. The van der Waals surface area contributed by atoms with E-state index in [9.17, 15) is 0 Å². The molecule has 1 fully saturated rings. The molecule has 6 nitrogen and oxygen atoms in total. The van der Waals surface area contributed by atoms with Crippen molar-refractivity contribution >= 4 is 18.5 Å². The monoisotopic (exact) mass is 237 g/mol. The number of aromatic nitrogens is 2. The van der Waals surface area contributed by atoms with Gasteiger partial charge in [0.25, 0.3) is 0 Å². The van der Waals surface area contributed by atoms with Crippen LogP contribution in [0.4, 0.5) is 5.95 Å². The van der Waals surface area contributed by atoms with Crippen LogP contribution in [0.3, 0.4) is 0 Å². The molecule has 0 atom stereocenters. The SMILES string of the molecule is CC1(C)OB(c2cnc(NO)nc2)OC1(C)C. The van der Waals surface area contributed by atoms with E-state index in [4.69, 9.17) is 14.5 Å². The van der Waals surface area contributed by atoms with Gasteiger partial charge in [0.05, 0.1) is 11.2 Å². The smallest absolute Gasteiger partial charge is 0.399 e. The van der Waals surface area contributed by atoms with Gasteiger partial charge in [0, 0.05) is 17.9 Å². The predicted molar refractivity (Wildman–Crippen MR) is 63.2 cm³/mol. The number of anilines is 1. The summed E-state index contributed by atoms with van der Waals surface area (Å²) in [5.41, 5.74) is 1.83. The van der Waals surface area contributed by atoms with Gasteiger partial charge in [0.2, 0.25) is 5.95 Å². The van der Waals surface area contributed by atoms with E-state index in [1.165, 1.54) is 0 Å². The molecule has 2 heterocycles. The summed E-state index contributed by atoms with van der Waals surface area (Å²) in [4.78, 5) is 7.81. The zero-order valence-corrected chi connectivity index (χ0v) is 10.4. The quantitative estimate of drug-likeness (QED) is 0.578. The summed E-state index contributed by atoms with van der Waals surface area (Å²) in [6.45, 7) is 7.93. The Morgan fingerprint density at radius 2 is 1.59 bits per heavy atom. The van der Waals surface area contributed by atoms with Crippen LogP contribution in [-0.2, 0) is 9.31 Å². The summed E-state index contributed by atoms with van der Waals surface area (Å²) >= 11 is 0. The minimum atomic E-state index is -0.479. The van der Waals surface area contributed by atoms with Crippen LogP contribution in [0, 0.1) is 0 Å². The van der Waals surface area contributed by atoms with Gasteiger partial charge < -0.3 is 9.31 Å². The van der Waals surface area contributed by atoms with Crippen molar-refractivity contribution in [2.75, 3.05) is 5.48 Å². The number of nitrogens with one attached hydrogen (secondary N) is 1. The van der Waals surface area contributed by atoms with E-state index in [-0.39, 0.29) is 17.2 Å².